The van der Waals surface area contributed by atoms with E-state index in [4.69, 9.17) is 19.0 Å². The number of amides is 2. The largest absolute Gasteiger partial charge is 0.497 e. The molecule has 2 amide bonds. The fourth-order valence-corrected chi connectivity index (χ4v) is 4.29. The summed E-state index contributed by atoms with van der Waals surface area (Å²) < 4.78 is 16.7. The number of anilines is 1. The van der Waals surface area contributed by atoms with E-state index in [2.05, 4.69) is 10.5 Å². The summed E-state index contributed by atoms with van der Waals surface area (Å²) in [5.41, 5.74) is 3.75. The number of carbonyl (C=O) groups excluding carboxylic acids is 1. The first-order valence-corrected chi connectivity index (χ1v) is 11.7. The van der Waals surface area contributed by atoms with Gasteiger partial charge in [-0.15, -0.1) is 0 Å². The van der Waals surface area contributed by atoms with E-state index < -0.39 is 6.04 Å². The first kappa shape index (κ1) is 23.2. The summed E-state index contributed by atoms with van der Waals surface area (Å²) in [5, 5.41) is 7.33. The number of nitrogens with zero attached hydrogens (tertiary/aromatic N) is 3. The van der Waals surface area contributed by atoms with Crippen molar-refractivity contribution in [2.24, 2.45) is 0 Å². The molecule has 1 aliphatic rings. The Morgan fingerprint density at radius 1 is 1.00 bits per heavy atom. The van der Waals surface area contributed by atoms with E-state index >= 15 is 0 Å². The molecule has 1 aliphatic heterocycles. The van der Waals surface area contributed by atoms with Gasteiger partial charge in [-0.05, 0) is 43.7 Å². The summed E-state index contributed by atoms with van der Waals surface area (Å²) in [6.45, 7) is 4.39. The van der Waals surface area contributed by atoms with Crippen LogP contribution in [0.3, 0.4) is 0 Å². The maximum Gasteiger partial charge on any atom is 0.327 e. The van der Waals surface area contributed by atoms with Gasteiger partial charge >= 0.3 is 6.03 Å². The molecule has 0 fully saturated rings. The number of hydrogen-bond acceptors (Lipinski definition) is 6. The fourth-order valence-electron chi connectivity index (χ4n) is 4.29. The second-order valence-electron chi connectivity index (χ2n) is 8.21. The Morgan fingerprint density at radius 2 is 1.78 bits per heavy atom. The van der Waals surface area contributed by atoms with Crippen molar-refractivity contribution in [2.75, 3.05) is 18.6 Å². The summed E-state index contributed by atoms with van der Waals surface area (Å²) >= 11 is 0. The molecule has 3 aromatic carbocycles. The Morgan fingerprint density at radius 3 is 2.50 bits per heavy atom. The van der Waals surface area contributed by atoms with E-state index in [0.717, 1.165) is 16.9 Å². The number of hydrogen-bond donors (Lipinski definition) is 1. The number of urea groups is 1. The smallest absolute Gasteiger partial charge is 0.327 e. The maximum absolute atomic E-state index is 13.4. The zero-order chi connectivity index (χ0) is 25.1. The molecule has 36 heavy (non-hydrogen) atoms. The molecular weight excluding hydrogens is 456 g/mol. The maximum atomic E-state index is 13.4. The predicted molar refractivity (Wildman–Crippen MR) is 137 cm³/mol. The molecule has 0 saturated carbocycles. The van der Waals surface area contributed by atoms with Crippen molar-refractivity contribution >= 4 is 17.3 Å². The van der Waals surface area contributed by atoms with Crippen LogP contribution in [0, 0.1) is 0 Å². The molecule has 1 aromatic heterocycles. The molecule has 1 atom stereocenters. The van der Waals surface area contributed by atoms with Crippen LogP contribution in [0.15, 0.2) is 89.1 Å². The highest BCUT2D eigenvalue weighted by molar-refractivity contribution is 6.01. The standard InChI is InChI=1S/C28H26N4O4/c1-4-35-22-15-13-19(14-16-22)25-24(27-30-26(31-36-27)20-9-6-5-7-10-20)18(2)32(28(33)29-25)21-11-8-12-23(17-21)34-3/h5-17,25H,4H2,1-3H3,(H,29,33). The van der Waals surface area contributed by atoms with Crippen molar-refractivity contribution < 1.29 is 18.8 Å². The number of carbonyl (C=O) groups is 1. The van der Waals surface area contributed by atoms with Crippen LogP contribution in [-0.4, -0.2) is 29.9 Å². The molecule has 0 radical (unpaired) electrons. The summed E-state index contributed by atoms with van der Waals surface area (Å²) in [5.74, 6) is 2.21. The van der Waals surface area contributed by atoms with Crippen molar-refractivity contribution in [1.82, 2.24) is 15.5 Å². The van der Waals surface area contributed by atoms with Gasteiger partial charge in [0, 0.05) is 17.3 Å². The van der Waals surface area contributed by atoms with E-state index in [0.29, 0.717) is 41.0 Å². The van der Waals surface area contributed by atoms with Gasteiger partial charge in [0.25, 0.3) is 5.89 Å². The van der Waals surface area contributed by atoms with Crippen molar-refractivity contribution in [3.63, 3.8) is 0 Å². The Balaban J connectivity index is 1.63. The lowest BCUT2D eigenvalue weighted by Gasteiger charge is -2.35. The Kier molecular flexibility index (Phi) is 6.40. The number of allylic oxidation sites excluding steroid dienone is 1. The molecule has 0 bridgehead atoms. The van der Waals surface area contributed by atoms with Crippen molar-refractivity contribution in [3.8, 4) is 22.9 Å². The minimum absolute atomic E-state index is 0.272. The molecule has 4 aromatic rings. The lowest BCUT2D eigenvalue weighted by molar-refractivity contribution is 0.244. The first-order chi connectivity index (χ1) is 17.6. The number of rotatable bonds is 7. The van der Waals surface area contributed by atoms with E-state index in [-0.39, 0.29) is 6.03 Å². The van der Waals surface area contributed by atoms with Crippen LogP contribution >= 0.6 is 0 Å². The highest BCUT2D eigenvalue weighted by Crippen LogP contribution is 2.40. The van der Waals surface area contributed by atoms with Crippen molar-refractivity contribution in [1.29, 1.82) is 0 Å². The molecule has 1 unspecified atom stereocenters. The molecule has 0 spiro atoms. The van der Waals surface area contributed by atoms with Crippen molar-refractivity contribution in [3.05, 3.63) is 96.0 Å². The lowest BCUT2D eigenvalue weighted by Crippen LogP contribution is -2.46. The highest BCUT2D eigenvalue weighted by Gasteiger charge is 2.36. The first-order valence-electron chi connectivity index (χ1n) is 11.7. The van der Waals surface area contributed by atoms with Gasteiger partial charge < -0.3 is 19.3 Å². The highest BCUT2D eigenvalue weighted by atomic mass is 16.5. The van der Waals surface area contributed by atoms with E-state index in [1.165, 1.54) is 0 Å². The molecule has 182 valence electrons. The second kappa shape index (κ2) is 9.95. The summed E-state index contributed by atoms with van der Waals surface area (Å²) in [7, 11) is 1.59. The Hall–Kier alpha value is -4.59. The van der Waals surface area contributed by atoms with Crippen molar-refractivity contribution in [2.45, 2.75) is 19.9 Å². The van der Waals surface area contributed by atoms with Gasteiger partial charge in [0.05, 0.1) is 31.0 Å². The van der Waals surface area contributed by atoms with Crippen LogP contribution in [0.2, 0.25) is 0 Å². The zero-order valence-corrected chi connectivity index (χ0v) is 20.3. The van der Waals surface area contributed by atoms with Crippen LogP contribution in [0.1, 0.15) is 31.3 Å². The molecule has 2 heterocycles. The van der Waals surface area contributed by atoms with Gasteiger partial charge in [0.15, 0.2) is 0 Å². The monoisotopic (exact) mass is 482 g/mol. The van der Waals surface area contributed by atoms with Crippen LogP contribution < -0.4 is 19.7 Å². The van der Waals surface area contributed by atoms with Gasteiger partial charge in [0.2, 0.25) is 5.82 Å². The summed E-state index contributed by atoms with van der Waals surface area (Å²) in [4.78, 5) is 19.7. The molecule has 0 saturated heterocycles. The second-order valence-corrected chi connectivity index (χ2v) is 8.21. The summed E-state index contributed by atoms with van der Waals surface area (Å²) in [6, 6.07) is 23.8. The van der Waals surface area contributed by atoms with Crippen LogP contribution in [0.5, 0.6) is 11.5 Å². The van der Waals surface area contributed by atoms with E-state index in [1.54, 1.807) is 18.1 Å². The average Bonchev–Trinajstić information content (AvgIpc) is 3.39. The zero-order valence-electron chi connectivity index (χ0n) is 20.3. The van der Waals surface area contributed by atoms with Gasteiger partial charge in [0.1, 0.15) is 11.5 Å². The number of nitrogens with one attached hydrogen (secondary N) is 1. The topological polar surface area (TPSA) is 89.7 Å². The number of benzene rings is 3. The van der Waals surface area contributed by atoms with Gasteiger partial charge in [-0.2, -0.15) is 4.98 Å². The number of aromatic nitrogens is 2. The number of methoxy groups -OCH3 is 1. The van der Waals surface area contributed by atoms with Crippen LogP contribution in [-0.2, 0) is 0 Å². The summed E-state index contributed by atoms with van der Waals surface area (Å²) in [6.07, 6.45) is 0. The van der Waals surface area contributed by atoms with E-state index in [9.17, 15) is 4.79 Å². The Bertz CT molecular complexity index is 1400. The Labute approximate surface area is 209 Å². The molecule has 0 aliphatic carbocycles. The van der Waals surface area contributed by atoms with E-state index in [1.807, 2.05) is 86.6 Å². The third kappa shape index (κ3) is 4.40. The molecule has 8 nitrogen and oxygen atoms in total. The molecular formula is C28H26N4O4. The average molecular weight is 483 g/mol. The normalized spacial score (nSPS) is 15.6. The fraction of sp³-hybridized carbons (Fsp3) is 0.179. The minimum atomic E-state index is -0.501. The molecule has 8 heteroatoms. The van der Waals surface area contributed by atoms with Crippen LogP contribution in [0.4, 0.5) is 10.5 Å². The third-order valence-corrected chi connectivity index (χ3v) is 6.01. The van der Waals surface area contributed by atoms with Crippen LogP contribution in [0.25, 0.3) is 17.0 Å². The number of ether oxygens (including phenoxy) is 2. The van der Waals surface area contributed by atoms with Gasteiger partial charge in [-0.3, -0.25) is 4.90 Å². The third-order valence-electron chi connectivity index (χ3n) is 6.01. The van der Waals surface area contributed by atoms with Gasteiger partial charge in [-0.1, -0.05) is 53.7 Å². The lowest BCUT2D eigenvalue weighted by atomic mass is 9.94. The quantitative estimate of drug-likeness (QED) is 0.356. The molecule has 5 rings (SSSR count). The molecule has 1 N–H and O–H groups in total. The minimum Gasteiger partial charge on any atom is -0.497 e. The SMILES string of the molecule is CCOc1ccc(C2NC(=O)N(c3cccc(OC)c3)C(C)=C2c2nc(-c3ccccc3)no2)cc1. The predicted octanol–water partition coefficient (Wildman–Crippen LogP) is 5.85. The van der Waals surface area contributed by atoms with Gasteiger partial charge in [-0.25, -0.2) is 4.79 Å².